The summed E-state index contributed by atoms with van der Waals surface area (Å²) >= 11 is 4.08. The van der Waals surface area contributed by atoms with Crippen LogP contribution in [0.15, 0.2) is 18.5 Å². The van der Waals surface area contributed by atoms with Gasteiger partial charge in [-0.2, -0.15) is 17.7 Å². The standard InChI is InChI=1S/C10H9N3S/c14-4-2-1-3-9-5-8-6-12-13-10(8)7-11-9/h5-7,14H,2,4H2,(H,12,13). The largest absolute Gasteiger partial charge is 0.276 e. The molecular formula is C10H9N3S. The fourth-order valence-corrected chi connectivity index (χ4v) is 1.23. The zero-order valence-corrected chi connectivity index (χ0v) is 8.38. The van der Waals surface area contributed by atoms with Gasteiger partial charge in [-0.3, -0.25) is 5.10 Å². The van der Waals surface area contributed by atoms with Gasteiger partial charge in [-0.05, 0) is 12.0 Å². The number of nitrogens with one attached hydrogen (secondary N) is 1. The van der Waals surface area contributed by atoms with Crippen LogP contribution in [-0.2, 0) is 0 Å². The van der Waals surface area contributed by atoms with Gasteiger partial charge in [-0.15, -0.1) is 0 Å². The van der Waals surface area contributed by atoms with E-state index in [9.17, 15) is 0 Å². The van der Waals surface area contributed by atoms with Crippen molar-refractivity contribution in [3.05, 3.63) is 24.2 Å². The van der Waals surface area contributed by atoms with Crippen molar-refractivity contribution in [2.24, 2.45) is 0 Å². The molecule has 2 rings (SSSR count). The van der Waals surface area contributed by atoms with E-state index in [1.54, 1.807) is 12.4 Å². The molecule has 0 aromatic carbocycles. The minimum Gasteiger partial charge on any atom is -0.276 e. The number of H-pyrrole nitrogens is 1. The lowest BCUT2D eigenvalue weighted by molar-refractivity contribution is 1.11. The summed E-state index contributed by atoms with van der Waals surface area (Å²) < 4.78 is 0. The number of hydrogen-bond acceptors (Lipinski definition) is 3. The molecule has 3 nitrogen and oxygen atoms in total. The average Bonchev–Trinajstić information content (AvgIpc) is 2.65. The summed E-state index contributed by atoms with van der Waals surface area (Å²) in [6.45, 7) is 0. The summed E-state index contributed by atoms with van der Waals surface area (Å²) in [4.78, 5) is 4.18. The normalized spacial score (nSPS) is 9.79. The van der Waals surface area contributed by atoms with Crippen LogP contribution in [0, 0.1) is 11.8 Å². The second kappa shape index (κ2) is 4.16. The molecule has 2 aromatic heterocycles. The van der Waals surface area contributed by atoms with E-state index in [4.69, 9.17) is 0 Å². The summed E-state index contributed by atoms with van der Waals surface area (Å²) in [5.41, 5.74) is 1.71. The quantitative estimate of drug-likeness (QED) is 0.546. The fourth-order valence-electron chi connectivity index (χ4n) is 1.12. The van der Waals surface area contributed by atoms with Crippen LogP contribution in [0.4, 0.5) is 0 Å². The number of aromatic nitrogens is 3. The van der Waals surface area contributed by atoms with Crippen molar-refractivity contribution in [3.8, 4) is 11.8 Å². The van der Waals surface area contributed by atoms with E-state index < -0.39 is 0 Å². The molecule has 0 saturated heterocycles. The van der Waals surface area contributed by atoms with Gasteiger partial charge >= 0.3 is 0 Å². The maximum absolute atomic E-state index is 4.18. The molecule has 0 aliphatic heterocycles. The van der Waals surface area contributed by atoms with Crippen molar-refractivity contribution in [3.63, 3.8) is 0 Å². The lowest BCUT2D eigenvalue weighted by atomic mass is 10.2. The lowest BCUT2D eigenvalue weighted by Gasteiger charge is -1.89. The van der Waals surface area contributed by atoms with Crippen molar-refractivity contribution in [1.29, 1.82) is 0 Å². The molecule has 2 aromatic rings. The molecule has 0 saturated carbocycles. The first kappa shape index (κ1) is 9.10. The Kier molecular flexibility index (Phi) is 2.70. The molecule has 0 fully saturated rings. The molecule has 0 aliphatic rings. The first-order valence-corrected chi connectivity index (χ1v) is 4.92. The molecular weight excluding hydrogens is 194 g/mol. The van der Waals surface area contributed by atoms with Gasteiger partial charge in [0.15, 0.2) is 0 Å². The summed E-state index contributed by atoms with van der Waals surface area (Å²) in [6, 6.07) is 1.92. The smallest absolute Gasteiger partial charge is 0.113 e. The fraction of sp³-hybridized carbons (Fsp3) is 0.200. The van der Waals surface area contributed by atoms with Crippen molar-refractivity contribution in [2.75, 3.05) is 5.75 Å². The molecule has 0 atom stereocenters. The van der Waals surface area contributed by atoms with E-state index in [0.29, 0.717) is 0 Å². The number of hydrogen-bond donors (Lipinski definition) is 2. The summed E-state index contributed by atoms with van der Waals surface area (Å²) in [5.74, 6) is 6.74. The van der Waals surface area contributed by atoms with Crippen LogP contribution in [0.2, 0.25) is 0 Å². The maximum Gasteiger partial charge on any atom is 0.113 e. The lowest BCUT2D eigenvalue weighted by Crippen LogP contribution is -1.81. The van der Waals surface area contributed by atoms with Crippen molar-refractivity contribution in [1.82, 2.24) is 15.2 Å². The highest BCUT2D eigenvalue weighted by Gasteiger charge is 1.95. The third kappa shape index (κ3) is 1.88. The number of fused-ring (bicyclic) bond motifs is 1. The number of rotatable bonds is 1. The Hall–Kier alpha value is -1.47. The van der Waals surface area contributed by atoms with Crippen LogP contribution in [0.1, 0.15) is 12.1 Å². The monoisotopic (exact) mass is 203 g/mol. The molecule has 1 N–H and O–H groups in total. The molecule has 0 spiro atoms. The number of nitrogens with zero attached hydrogens (tertiary/aromatic N) is 2. The van der Waals surface area contributed by atoms with Crippen molar-refractivity contribution in [2.45, 2.75) is 6.42 Å². The van der Waals surface area contributed by atoms with Gasteiger partial charge in [0.25, 0.3) is 0 Å². The van der Waals surface area contributed by atoms with E-state index >= 15 is 0 Å². The van der Waals surface area contributed by atoms with Gasteiger partial charge in [0.05, 0.1) is 17.9 Å². The Labute approximate surface area is 87.3 Å². The van der Waals surface area contributed by atoms with Gasteiger partial charge in [-0.25, -0.2) is 4.98 Å². The Morgan fingerprint density at radius 1 is 1.43 bits per heavy atom. The van der Waals surface area contributed by atoms with Crippen molar-refractivity contribution >= 4 is 23.5 Å². The number of aromatic amines is 1. The Morgan fingerprint density at radius 2 is 2.36 bits per heavy atom. The predicted molar refractivity (Wildman–Crippen MR) is 59.2 cm³/mol. The highest BCUT2D eigenvalue weighted by Crippen LogP contribution is 2.08. The van der Waals surface area contributed by atoms with Gasteiger partial charge in [0.1, 0.15) is 5.69 Å². The topological polar surface area (TPSA) is 41.6 Å². The average molecular weight is 203 g/mol. The van der Waals surface area contributed by atoms with Crippen LogP contribution in [0.5, 0.6) is 0 Å². The van der Waals surface area contributed by atoms with Crippen LogP contribution in [-0.4, -0.2) is 20.9 Å². The van der Waals surface area contributed by atoms with Gasteiger partial charge in [0.2, 0.25) is 0 Å². The van der Waals surface area contributed by atoms with E-state index in [-0.39, 0.29) is 0 Å². The van der Waals surface area contributed by atoms with Crippen molar-refractivity contribution < 1.29 is 0 Å². The molecule has 70 valence electrons. The highest BCUT2D eigenvalue weighted by molar-refractivity contribution is 7.80. The Morgan fingerprint density at radius 3 is 3.21 bits per heavy atom. The Balaban J connectivity index is 2.31. The third-order valence-electron chi connectivity index (χ3n) is 1.78. The van der Waals surface area contributed by atoms with Gasteiger partial charge < -0.3 is 0 Å². The molecule has 4 heteroatoms. The minimum absolute atomic E-state index is 0.778. The second-order valence-electron chi connectivity index (χ2n) is 2.80. The molecule has 0 aliphatic carbocycles. The molecule has 0 bridgehead atoms. The highest BCUT2D eigenvalue weighted by atomic mass is 32.1. The Bertz CT molecular complexity index is 493. The molecule has 0 amide bonds. The second-order valence-corrected chi connectivity index (χ2v) is 3.25. The first-order chi connectivity index (χ1) is 6.90. The third-order valence-corrected chi connectivity index (χ3v) is 2.00. The maximum atomic E-state index is 4.18. The van der Waals surface area contributed by atoms with Crippen LogP contribution in [0.25, 0.3) is 10.9 Å². The minimum atomic E-state index is 0.778. The summed E-state index contributed by atoms with van der Waals surface area (Å²) in [7, 11) is 0. The zero-order valence-electron chi connectivity index (χ0n) is 7.49. The molecule has 2 heterocycles. The van der Waals surface area contributed by atoms with E-state index in [2.05, 4.69) is 39.7 Å². The van der Waals surface area contributed by atoms with E-state index in [0.717, 1.165) is 28.8 Å². The summed E-state index contributed by atoms with van der Waals surface area (Å²) in [5, 5.41) is 7.79. The molecule has 0 radical (unpaired) electrons. The van der Waals surface area contributed by atoms with Crippen LogP contribution < -0.4 is 0 Å². The van der Waals surface area contributed by atoms with Gasteiger partial charge in [0, 0.05) is 17.6 Å². The first-order valence-electron chi connectivity index (χ1n) is 4.29. The van der Waals surface area contributed by atoms with Crippen LogP contribution >= 0.6 is 12.6 Å². The van der Waals surface area contributed by atoms with Gasteiger partial charge in [-0.1, -0.05) is 5.92 Å². The number of thiol groups is 1. The summed E-state index contributed by atoms with van der Waals surface area (Å²) in [6.07, 6.45) is 4.29. The van der Waals surface area contributed by atoms with E-state index in [1.807, 2.05) is 6.07 Å². The molecule has 0 unspecified atom stereocenters. The zero-order chi connectivity index (χ0) is 9.80. The predicted octanol–water partition coefficient (Wildman–Crippen LogP) is 1.63. The SMILES string of the molecule is SCCC#Cc1cc2cn[nH]c2cn1. The van der Waals surface area contributed by atoms with Crippen LogP contribution in [0.3, 0.4) is 0 Å². The number of pyridine rings is 1. The van der Waals surface area contributed by atoms with E-state index in [1.165, 1.54) is 0 Å². The molecule has 14 heavy (non-hydrogen) atoms.